The fraction of sp³-hybridized carbons (Fsp3) is 0.636. The molecule has 1 atom stereocenters. The Labute approximate surface area is 93.2 Å². The molecule has 0 aliphatic carbocycles. The third-order valence-electron chi connectivity index (χ3n) is 3.25. The fourth-order valence-corrected chi connectivity index (χ4v) is 2.34. The summed E-state index contributed by atoms with van der Waals surface area (Å²) in [6, 6.07) is 0. The molecule has 2 N–H and O–H groups in total. The quantitative estimate of drug-likeness (QED) is 0.735. The average Bonchev–Trinajstić information content (AvgIpc) is 2.87. The van der Waals surface area contributed by atoms with Gasteiger partial charge >= 0.3 is 0 Å². The minimum Gasteiger partial charge on any atom is -0.381 e. The molecule has 2 aliphatic rings. The standard InChI is InChI=1S/C11H15N3O2/c15-11-8-4-12-5-9(8)13-10(14-11)3-7-1-2-16-6-7/h7,12H,1-6H2,(H,13,14,15). The van der Waals surface area contributed by atoms with Crippen molar-refractivity contribution in [3.63, 3.8) is 0 Å². The summed E-state index contributed by atoms with van der Waals surface area (Å²) in [5.41, 5.74) is 1.73. The number of ether oxygens (including phenoxy) is 1. The highest BCUT2D eigenvalue weighted by Crippen LogP contribution is 2.17. The van der Waals surface area contributed by atoms with Crippen LogP contribution in [0, 0.1) is 5.92 Å². The molecule has 86 valence electrons. The third kappa shape index (κ3) is 1.76. The van der Waals surface area contributed by atoms with Gasteiger partial charge in [0.1, 0.15) is 5.82 Å². The Balaban J connectivity index is 1.85. The van der Waals surface area contributed by atoms with Gasteiger partial charge < -0.3 is 15.0 Å². The lowest BCUT2D eigenvalue weighted by atomic mass is 10.0. The monoisotopic (exact) mass is 221 g/mol. The molecule has 2 aliphatic heterocycles. The van der Waals surface area contributed by atoms with Crippen LogP contribution in [0.2, 0.25) is 0 Å². The second-order valence-electron chi connectivity index (χ2n) is 4.48. The zero-order valence-corrected chi connectivity index (χ0v) is 9.08. The van der Waals surface area contributed by atoms with Crippen LogP contribution in [0.15, 0.2) is 4.79 Å². The van der Waals surface area contributed by atoms with Gasteiger partial charge in [0.25, 0.3) is 5.56 Å². The number of nitrogens with zero attached hydrogens (tertiary/aromatic N) is 1. The van der Waals surface area contributed by atoms with Gasteiger partial charge in [0.15, 0.2) is 0 Å². The number of hydrogen-bond acceptors (Lipinski definition) is 4. The van der Waals surface area contributed by atoms with E-state index in [9.17, 15) is 4.79 Å². The maximum Gasteiger partial charge on any atom is 0.255 e. The van der Waals surface area contributed by atoms with Crippen LogP contribution >= 0.6 is 0 Å². The Hall–Kier alpha value is -1.20. The highest BCUT2D eigenvalue weighted by Gasteiger charge is 2.20. The molecule has 0 aromatic carbocycles. The van der Waals surface area contributed by atoms with Crippen molar-refractivity contribution in [1.29, 1.82) is 0 Å². The summed E-state index contributed by atoms with van der Waals surface area (Å²) in [6.07, 6.45) is 1.89. The number of hydrogen-bond donors (Lipinski definition) is 2. The van der Waals surface area contributed by atoms with Crippen molar-refractivity contribution in [3.8, 4) is 0 Å². The van der Waals surface area contributed by atoms with Crippen LogP contribution in [0.5, 0.6) is 0 Å². The molecule has 3 rings (SSSR count). The van der Waals surface area contributed by atoms with Gasteiger partial charge in [-0.1, -0.05) is 0 Å². The van der Waals surface area contributed by atoms with E-state index in [1.807, 2.05) is 0 Å². The summed E-state index contributed by atoms with van der Waals surface area (Å²) in [7, 11) is 0. The summed E-state index contributed by atoms with van der Waals surface area (Å²) in [6.45, 7) is 2.98. The van der Waals surface area contributed by atoms with Crippen LogP contribution in [0.3, 0.4) is 0 Å². The molecule has 0 amide bonds. The first kappa shape index (κ1) is 9.99. The first-order valence-corrected chi connectivity index (χ1v) is 5.72. The second-order valence-corrected chi connectivity index (χ2v) is 4.48. The summed E-state index contributed by atoms with van der Waals surface area (Å²) >= 11 is 0. The molecular weight excluding hydrogens is 206 g/mol. The van der Waals surface area contributed by atoms with Gasteiger partial charge in [0, 0.05) is 32.7 Å². The van der Waals surface area contributed by atoms with E-state index in [2.05, 4.69) is 15.3 Å². The predicted octanol–water partition coefficient (Wildman–Crippen LogP) is -0.0479. The fourth-order valence-electron chi connectivity index (χ4n) is 2.34. The molecule has 5 nitrogen and oxygen atoms in total. The van der Waals surface area contributed by atoms with Gasteiger partial charge in [-0.3, -0.25) is 4.79 Å². The Morgan fingerprint density at radius 2 is 2.38 bits per heavy atom. The van der Waals surface area contributed by atoms with Crippen LogP contribution in [-0.4, -0.2) is 23.2 Å². The lowest BCUT2D eigenvalue weighted by Crippen LogP contribution is -2.19. The lowest BCUT2D eigenvalue weighted by molar-refractivity contribution is 0.185. The molecule has 1 saturated heterocycles. The molecule has 3 heterocycles. The smallest absolute Gasteiger partial charge is 0.255 e. The zero-order chi connectivity index (χ0) is 11.0. The molecule has 5 heteroatoms. The van der Waals surface area contributed by atoms with E-state index < -0.39 is 0 Å². The van der Waals surface area contributed by atoms with Crippen LogP contribution in [0.25, 0.3) is 0 Å². The third-order valence-corrected chi connectivity index (χ3v) is 3.25. The van der Waals surface area contributed by atoms with Gasteiger partial charge in [-0.15, -0.1) is 0 Å². The number of fused-ring (bicyclic) bond motifs is 1. The molecular formula is C11H15N3O2. The molecule has 16 heavy (non-hydrogen) atoms. The molecule has 1 aromatic heterocycles. The van der Waals surface area contributed by atoms with Crippen molar-refractivity contribution in [2.45, 2.75) is 25.9 Å². The zero-order valence-electron chi connectivity index (χ0n) is 9.08. The highest BCUT2D eigenvalue weighted by molar-refractivity contribution is 5.21. The first-order valence-electron chi connectivity index (χ1n) is 5.72. The van der Waals surface area contributed by atoms with Gasteiger partial charge in [0.2, 0.25) is 0 Å². The van der Waals surface area contributed by atoms with Crippen LogP contribution in [0.4, 0.5) is 0 Å². The summed E-state index contributed by atoms with van der Waals surface area (Å²) in [5.74, 6) is 1.32. The van der Waals surface area contributed by atoms with E-state index in [0.717, 1.165) is 43.1 Å². The van der Waals surface area contributed by atoms with E-state index >= 15 is 0 Å². The lowest BCUT2D eigenvalue weighted by Gasteiger charge is -2.07. The Morgan fingerprint density at radius 1 is 1.44 bits per heavy atom. The minimum absolute atomic E-state index is 0.0175. The molecule has 1 aromatic rings. The molecule has 0 radical (unpaired) electrons. The largest absolute Gasteiger partial charge is 0.381 e. The van der Waals surface area contributed by atoms with E-state index in [4.69, 9.17) is 4.74 Å². The van der Waals surface area contributed by atoms with Crippen molar-refractivity contribution < 1.29 is 4.74 Å². The Bertz CT molecular complexity index is 449. The number of aromatic nitrogens is 2. The number of H-pyrrole nitrogens is 1. The number of rotatable bonds is 2. The van der Waals surface area contributed by atoms with E-state index in [-0.39, 0.29) is 5.56 Å². The summed E-state index contributed by atoms with van der Waals surface area (Å²) in [5, 5.41) is 3.14. The normalized spacial score (nSPS) is 23.6. The Morgan fingerprint density at radius 3 is 3.19 bits per heavy atom. The Kier molecular flexibility index (Phi) is 2.49. The molecule has 1 fully saturated rings. The molecule has 0 saturated carbocycles. The molecule has 0 bridgehead atoms. The van der Waals surface area contributed by atoms with Crippen LogP contribution in [-0.2, 0) is 24.2 Å². The van der Waals surface area contributed by atoms with Crippen molar-refractivity contribution >= 4 is 0 Å². The van der Waals surface area contributed by atoms with Crippen LogP contribution in [0.1, 0.15) is 23.5 Å². The minimum atomic E-state index is 0.0175. The van der Waals surface area contributed by atoms with Crippen molar-refractivity contribution in [2.75, 3.05) is 13.2 Å². The van der Waals surface area contributed by atoms with Gasteiger partial charge in [-0.2, -0.15) is 0 Å². The maximum absolute atomic E-state index is 11.7. The van der Waals surface area contributed by atoms with Crippen molar-refractivity contribution in [2.24, 2.45) is 5.92 Å². The molecule has 1 unspecified atom stereocenters. The van der Waals surface area contributed by atoms with Gasteiger partial charge in [-0.05, 0) is 12.3 Å². The molecule has 0 spiro atoms. The van der Waals surface area contributed by atoms with Crippen molar-refractivity contribution in [1.82, 2.24) is 15.3 Å². The summed E-state index contributed by atoms with van der Waals surface area (Å²) < 4.78 is 5.32. The number of nitrogens with one attached hydrogen (secondary N) is 2. The van der Waals surface area contributed by atoms with Crippen molar-refractivity contribution in [3.05, 3.63) is 27.4 Å². The SMILES string of the molecule is O=c1[nH]c(CC2CCOC2)nc2c1CNC2. The van der Waals surface area contributed by atoms with E-state index in [0.29, 0.717) is 19.0 Å². The highest BCUT2D eigenvalue weighted by atomic mass is 16.5. The predicted molar refractivity (Wildman–Crippen MR) is 58.0 cm³/mol. The van der Waals surface area contributed by atoms with Crippen LogP contribution < -0.4 is 10.9 Å². The topological polar surface area (TPSA) is 67.0 Å². The number of aromatic amines is 1. The second kappa shape index (κ2) is 3.99. The van der Waals surface area contributed by atoms with Gasteiger partial charge in [0.05, 0.1) is 11.3 Å². The van der Waals surface area contributed by atoms with Gasteiger partial charge in [-0.25, -0.2) is 4.98 Å². The van der Waals surface area contributed by atoms with E-state index in [1.165, 1.54) is 0 Å². The summed E-state index contributed by atoms with van der Waals surface area (Å²) in [4.78, 5) is 19.1. The average molecular weight is 221 g/mol. The first-order chi connectivity index (χ1) is 7.83. The maximum atomic E-state index is 11.7. The van der Waals surface area contributed by atoms with E-state index in [1.54, 1.807) is 0 Å².